The minimum Gasteiger partial charge on any atom is -0.424 e. The number of fused-ring (bicyclic) bond motifs is 6. The molecule has 4 aromatic heterocycles. The lowest BCUT2D eigenvalue weighted by molar-refractivity contribution is -0.733. The number of para-hydroxylation sites is 2. The van der Waals surface area contributed by atoms with Crippen molar-refractivity contribution in [3.8, 4) is 0 Å². The second-order valence-electron chi connectivity index (χ2n) is 18.3. The van der Waals surface area contributed by atoms with Crippen LogP contribution in [0.15, 0.2) is 73.3 Å². The van der Waals surface area contributed by atoms with E-state index in [0.29, 0.717) is 26.2 Å². The van der Waals surface area contributed by atoms with E-state index in [0.717, 1.165) is 107 Å². The van der Waals surface area contributed by atoms with Crippen molar-refractivity contribution in [2.45, 2.75) is 91.8 Å². The molecular formula is C49H62Cl2N8O6+2. The molecule has 2 atom stereocenters. The molecular weight excluding hydrogens is 867 g/mol. The summed E-state index contributed by atoms with van der Waals surface area (Å²) in [4.78, 5) is 51.6. The number of aryl methyl sites for hydroxylation is 2. The molecule has 2 unspecified atom stereocenters. The maximum Gasteiger partial charge on any atom is 0.316 e. The van der Waals surface area contributed by atoms with Crippen molar-refractivity contribution in [3.63, 3.8) is 0 Å². The summed E-state index contributed by atoms with van der Waals surface area (Å²) < 4.78 is 23.5. The van der Waals surface area contributed by atoms with Crippen LogP contribution in [0.1, 0.15) is 82.3 Å². The Morgan fingerprint density at radius 1 is 0.708 bits per heavy atom. The van der Waals surface area contributed by atoms with Gasteiger partial charge in [-0.15, -0.1) is 24.8 Å². The van der Waals surface area contributed by atoms with Crippen LogP contribution in [-0.4, -0.2) is 61.9 Å². The third kappa shape index (κ3) is 8.66. The summed E-state index contributed by atoms with van der Waals surface area (Å²) >= 11 is 0. The fraction of sp³-hybridized carbons (Fsp3) is 0.469. The van der Waals surface area contributed by atoms with Crippen molar-refractivity contribution in [2.75, 3.05) is 20.1 Å². The second kappa shape index (κ2) is 18.9. The van der Waals surface area contributed by atoms with Gasteiger partial charge < -0.3 is 29.7 Å². The molecule has 2 aromatic carbocycles. The van der Waals surface area contributed by atoms with E-state index < -0.39 is 5.41 Å². The molecule has 2 fully saturated rings. The largest absolute Gasteiger partial charge is 0.424 e. The Morgan fingerprint density at radius 3 is 1.52 bits per heavy atom. The molecule has 0 spiro atoms. The Bertz CT molecular complexity index is 2770. The molecule has 346 valence electrons. The van der Waals surface area contributed by atoms with Gasteiger partial charge in [-0.1, -0.05) is 36.4 Å². The van der Waals surface area contributed by atoms with Gasteiger partial charge in [-0.05, 0) is 70.5 Å². The first-order valence-electron chi connectivity index (χ1n) is 22.4. The number of Topliss-reactive ketones (excluding diaryl/α,β-unsaturated/α-hetero) is 2. The predicted octanol–water partition coefficient (Wildman–Crippen LogP) is 5.63. The summed E-state index contributed by atoms with van der Waals surface area (Å²) in [7, 11) is 5.96. The number of hydrogen-bond donors (Lipinski definition) is 2. The highest BCUT2D eigenvalue weighted by Gasteiger charge is 2.51. The molecule has 0 amide bonds. The van der Waals surface area contributed by atoms with Crippen LogP contribution < -0.4 is 20.2 Å². The topological polar surface area (TPSA) is 152 Å². The number of aromatic nitrogens is 6. The van der Waals surface area contributed by atoms with Crippen molar-refractivity contribution >= 4 is 70.1 Å². The van der Waals surface area contributed by atoms with Gasteiger partial charge in [-0.2, -0.15) is 9.13 Å². The van der Waals surface area contributed by atoms with Gasteiger partial charge in [-0.25, -0.2) is 9.13 Å². The number of nitrogens with zero attached hydrogens (tertiary/aromatic N) is 6. The van der Waals surface area contributed by atoms with Gasteiger partial charge in [0.15, 0.2) is 11.6 Å². The molecule has 3 N–H and O–H groups in total. The van der Waals surface area contributed by atoms with Crippen LogP contribution in [0.5, 0.6) is 0 Å². The number of carbonyl (C=O) groups excluding carboxylic acids is 4. The first-order chi connectivity index (χ1) is 30.4. The van der Waals surface area contributed by atoms with E-state index in [1.54, 1.807) is 0 Å². The highest BCUT2D eigenvalue weighted by Crippen LogP contribution is 2.46. The second-order valence-corrected chi connectivity index (χ2v) is 18.3. The molecule has 4 heterocycles. The van der Waals surface area contributed by atoms with Crippen molar-refractivity contribution < 1.29 is 37.8 Å². The molecule has 0 aliphatic heterocycles. The van der Waals surface area contributed by atoms with Gasteiger partial charge in [0, 0.05) is 85.4 Å². The standard InChI is InChI=1S/C25H31N4O3.C24H29N4O3.2ClH/c1-17-28(12-13-29(17)16-32-24(31)25(10-11-25)15-26-2)14-18-8-9-21-22(23(18)30)19-6-4-5-7-20(19)27(21)3;1-16-27(11-12-28(16)15-31-23(30)24(14-25)9-10-24)13-17-7-8-20-21(22(17)29)18-5-3-4-6-19(18)26(20)2;;/h4-7,12-13,18,26H,8-11,14-16H2,1-3H3;3-6,11-12,17H,7-10,13-15,25H2,1-2H3;2*1H/q2*+1;;. The lowest BCUT2D eigenvalue weighted by Gasteiger charge is -2.21. The van der Waals surface area contributed by atoms with Crippen LogP contribution in [0.3, 0.4) is 0 Å². The number of halogens is 2. The van der Waals surface area contributed by atoms with Gasteiger partial charge in [0.05, 0.1) is 22.7 Å². The molecule has 4 aliphatic carbocycles. The van der Waals surface area contributed by atoms with Gasteiger partial charge in [0.1, 0.15) is 37.9 Å². The summed E-state index contributed by atoms with van der Waals surface area (Å²) in [6.45, 7) is 6.64. The van der Waals surface area contributed by atoms with E-state index in [1.165, 1.54) is 0 Å². The van der Waals surface area contributed by atoms with E-state index >= 15 is 0 Å². The Labute approximate surface area is 391 Å². The molecule has 10 rings (SSSR count). The van der Waals surface area contributed by atoms with Crippen LogP contribution in [0.2, 0.25) is 0 Å². The van der Waals surface area contributed by atoms with Crippen LogP contribution >= 0.6 is 24.8 Å². The van der Waals surface area contributed by atoms with Crippen molar-refractivity contribution in [3.05, 3.63) is 107 Å². The van der Waals surface area contributed by atoms with E-state index in [4.69, 9.17) is 15.2 Å². The third-order valence-electron chi connectivity index (χ3n) is 14.6. The first-order valence-corrected chi connectivity index (χ1v) is 22.4. The number of ether oxygens (including phenoxy) is 2. The van der Waals surface area contributed by atoms with Crippen molar-refractivity contribution in [2.24, 2.45) is 42.5 Å². The minimum atomic E-state index is -0.457. The highest BCUT2D eigenvalue weighted by molar-refractivity contribution is 6.12. The van der Waals surface area contributed by atoms with Crippen molar-refractivity contribution in [1.29, 1.82) is 0 Å². The number of benzene rings is 2. The zero-order valence-corrected chi connectivity index (χ0v) is 39.6. The Hall–Kier alpha value is -5.28. The van der Waals surface area contributed by atoms with E-state index in [2.05, 4.69) is 48.8 Å². The van der Waals surface area contributed by atoms with Crippen LogP contribution in [0.25, 0.3) is 21.8 Å². The van der Waals surface area contributed by atoms with Crippen molar-refractivity contribution in [1.82, 2.24) is 23.6 Å². The minimum absolute atomic E-state index is 0. The Balaban J connectivity index is 0.000000188. The van der Waals surface area contributed by atoms with Crippen LogP contribution in [0, 0.1) is 36.5 Å². The predicted molar refractivity (Wildman–Crippen MR) is 250 cm³/mol. The van der Waals surface area contributed by atoms with Gasteiger partial charge in [-0.3, -0.25) is 19.2 Å². The maximum absolute atomic E-state index is 13.5. The number of esters is 2. The SMILES string of the molecule is CNCC1(C(=O)OC[n+]2ccn(CC3CCc4c(c5ccccc5n4C)C3=O)c2C)CC1.Cc1n(CC2CCc3c(c4ccccc4n3C)C2=O)cc[n+]1COC(=O)C1(CN)CC1.Cl.Cl. The lowest BCUT2D eigenvalue weighted by atomic mass is 9.85. The number of rotatable bonds is 13. The zero-order valence-electron chi connectivity index (χ0n) is 38.0. The fourth-order valence-electron chi connectivity index (χ4n) is 10.0. The summed E-state index contributed by atoms with van der Waals surface area (Å²) in [5, 5.41) is 5.20. The van der Waals surface area contributed by atoms with Gasteiger partial charge in [0.2, 0.25) is 13.5 Å². The summed E-state index contributed by atoms with van der Waals surface area (Å²) in [6, 6.07) is 16.3. The molecule has 0 bridgehead atoms. The van der Waals surface area contributed by atoms with Gasteiger partial charge in [0.25, 0.3) is 11.6 Å². The molecule has 16 heteroatoms. The van der Waals surface area contributed by atoms with Crippen LogP contribution in [-0.2, 0) is 72.6 Å². The van der Waals surface area contributed by atoms with E-state index in [-0.39, 0.29) is 79.0 Å². The van der Waals surface area contributed by atoms with Gasteiger partial charge >= 0.3 is 11.9 Å². The molecule has 6 aromatic rings. The molecule has 4 aliphatic rings. The molecule has 0 radical (unpaired) electrons. The van der Waals surface area contributed by atoms with E-state index in [1.807, 2.05) is 92.2 Å². The smallest absolute Gasteiger partial charge is 0.316 e. The quantitative estimate of drug-likeness (QED) is 0.112. The Morgan fingerprint density at radius 2 is 1.12 bits per heavy atom. The number of nitrogens with one attached hydrogen (secondary N) is 1. The number of carbonyl (C=O) groups is 4. The number of hydrogen-bond acceptors (Lipinski definition) is 8. The van der Waals surface area contributed by atoms with E-state index in [9.17, 15) is 19.2 Å². The van der Waals surface area contributed by atoms with Crippen LogP contribution in [0.4, 0.5) is 0 Å². The molecule has 65 heavy (non-hydrogen) atoms. The average Bonchev–Trinajstić information content (AvgIpc) is 4.16. The normalized spacial score (nSPS) is 18.7. The maximum atomic E-state index is 13.5. The Kier molecular flexibility index (Phi) is 13.9. The molecule has 0 saturated heterocycles. The number of imidazole rings is 2. The monoisotopic (exact) mass is 928 g/mol. The average molecular weight is 930 g/mol. The third-order valence-corrected chi connectivity index (χ3v) is 14.6. The summed E-state index contributed by atoms with van der Waals surface area (Å²) in [6.07, 6.45) is 14.7. The molecule has 14 nitrogen and oxygen atoms in total. The highest BCUT2D eigenvalue weighted by atomic mass is 35.5. The first kappa shape index (κ1) is 47.7. The zero-order chi connectivity index (χ0) is 44.2. The lowest BCUT2D eigenvalue weighted by Crippen LogP contribution is -2.40. The molecule has 2 saturated carbocycles. The summed E-state index contributed by atoms with van der Waals surface area (Å²) in [5.41, 5.74) is 11.2. The number of nitrogens with two attached hydrogens (primary N) is 1. The summed E-state index contributed by atoms with van der Waals surface area (Å²) in [5.74, 6) is 1.94. The fourth-order valence-corrected chi connectivity index (χ4v) is 10.0. The number of ketones is 2.